The number of anilines is 4. The van der Waals surface area contributed by atoms with Crippen molar-refractivity contribution in [2.45, 2.75) is 32.2 Å². The zero-order chi connectivity index (χ0) is 26.4. The molecule has 0 saturated carbocycles. The van der Waals surface area contributed by atoms with Crippen LogP contribution in [0.1, 0.15) is 36.8 Å². The van der Waals surface area contributed by atoms with Crippen molar-refractivity contribution in [2.24, 2.45) is 0 Å². The van der Waals surface area contributed by atoms with Gasteiger partial charge >= 0.3 is 0 Å². The van der Waals surface area contributed by atoms with Crippen LogP contribution < -0.4 is 20.1 Å². The highest BCUT2D eigenvalue weighted by molar-refractivity contribution is 7.70. The molecule has 1 amide bonds. The minimum Gasteiger partial charge on any atom is -0.495 e. The number of rotatable bonds is 9. The molecule has 4 rings (SSSR count). The van der Waals surface area contributed by atoms with E-state index in [1.165, 1.54) is 6.20 Å². The van der Waals surface area contributed by atoms with Gasteiger partial charge in [-0.25, -0.2) is 18.1 Å². The van der Waals surface area contributed by atoms with Gasteiger partial charge in [-0.05, 0) is 48.1 Å². The Morgan fingerprint density at radius 3 is 2.59 bits per heavy atom. The topological polar surface area (TPSA) is 126 Å². The SMILES string of the molecule is COc1cc(C2CCN(C(C)=O)CC2)ccc1Nc1ncc(Cl)c(Nc2ccccc2CN[SH](=O)=O)n1. The lowest BCUT2D eigenvalue weighted by Gasteiger charge is -2.31. The van der Waals surface area contributed by atoms with Crippen LogP contribution >= 0.6 is 11.6 Å². The maximum absolute atomic E-state index is 11.6. The molecule has 1 aromatic heterocycles. The number of carbonyl (C=O) groups is 1. The average molecular weight is 545 g/mol. The summed E-state index contributed by atoms with van der Waals surface area (Å²) in [6.07, 6.45) is 3.30. The normalized spacial score (nSPS) is 14.0. The van der Waals surface area contributed by atoms with Crippen LogP contribution in [0.25, 0.3) is 0 Å². The van der Waals surface area contributed by atoms with Crippen LogP contribution in [-0.4, -0.2) is 49.4 Å². The number of piperidine rings is 1. The van der Waals surface area contributed by atoms with Crippen molar-refractivity contribution >= 4 is 51.5 Å². The molecular formula is C25H29ClN6O4S. The first-order valence-corrected chi connectivity index (χ1v) is 13.4. The van der Waals surface area contributed by atoms with Gasteiger partial charge in [-0.3, -0.25) is 4.79 Å². The Bertz CT molecular complexity index is 1340. The Labute approximate surface area is 222 Å². The largest absolute Gasteiger partial charge is 0.495 e. The van der Waals surface area contributed by atoms with Gasteiger partial charge < -0.3 is 20.3 Å². The number of methoxy groups -OCH3 is 1. The number of para-hydroxylation sites is 1. The third-order valence-electron chi connectivity index (χ3n) is 6.30. The van der Waals surface area contributed by atoms with Crippen molar-refractivity contribution in [3.63, 3.8) is 0 Å². The first kappa shape index (κ1) is 26.6. The highest BCUT2D eigenvalue weighted by Gasteiger charge is 2.23. The Morgan fingerprint density at radius 1 is 1.14 bits per heavy atom. The fourth-order valence-corrected chi connectivity index (χ4v) is 4.74. The maximum Gasteiger partial charge on any atom is 0.229 e. The number of ether oxygens (including phenoxy) is 1. The third kappa shape index (κ3) is 6.88. The smallest absolute Gasteiger partial charge is 0.229 e. The van der Waals surface area contributed by atoms with E-state index in [1.54, 1.807) is 20.1 Å². The molecule has 0 radical (unpaired) electrons. The Hall–Kier alpha value is -3.41. The van der Waals surface area contributed by atoms with Crippen molar-refractivity contribution in [1.82, 2.24) is 19.6 Å². The molecule has 0 bridgehead atoms. The van der Waals surface area contributed by atoms with Gasteiger partial charge in [0.25, 0.3) is 0 Å². The number of likely N-dealkylation sites (tertiary alicyclic amines) is 1. The summed E-state index contributed by atoms with van der Waals surface area (Å²) in [5.41, 5.74) is 3.26. The molecule has 3 aromatic rings. The summed E-state index contributed by atoms with van der Waals surface area (Å²) < 4.78 is 29.9. The van der Waals surface area contributed by atoms with Gasteiger partial charge in [-0.2, -0.15) is 4.98 Å². The van der Waals surface area contributed by atoms with Gasteiger partial charge in [0.2, 0.25) is 22.7 Å². The Kier molecular flexibility index (Phi) is 8.80. The Balaban J connectivity index is 1.50. The van der Waals surface area contributed by atoms with Gasteiger partial charge in [-0.1, -0.05) is 35.9 Å². The van der Waals surface area contributed by atoms with Gasteiger partial charge in [0.05, 0.1) is 19.0 Å². The molecule has 1 fully saturated rings. The minimum atomic E-state index is -2.72. The number of carbonyl (C=O) groups excluding carboxylic acids is 1. The van der Waals surface area contributed by atoms with Gasteiger partial charge in [-0.15, -0.1) is 0 Å². The molecule has 0 aliphatic carbocycles. The zero-order valence-corrected chi connectivity index (χ0v) is 22.2. The predicted octanol–water partition coefficient (Wildman–Crippen LogP) is 3.97. The van der Waals surface area contributed by atoms with E-state index in [0.717, 1.165) is 37.1 Å². The molecule has 12 heteroatoms. The zero-order valence-electron chi connectivity index (χ0n) is 20.5. The summed E-state index contributed by atoms with van der Waals surface area (Å²) in [4.78, 5) is 22.3. The molecule has 10 nitrogen and oxygen atoms in total. The highest BCUT2D eigenvalue weighted by atomic mass is 35.5. The third-order valence-corrected chi connectivity index (χ3v) is 6.99. The number of hydrogen-bond acceptors (Lipinski definition) is 8. The predicted molar refractivity (Wildman–Crippen MR) is 144 cm³/mol. The van der Waals surface area contributed by atoms with E-state index < -0.39 is 10.9 Å². The number of aromatic nitrogens is 2. The molecule has 1 aliphatic heterocycles. The minimum absolute atomic E-state index is 0.117. The number of halogens is 1. The van der Waals surface area contributed by atoms with Crippen LogP contribution in [0.5, 0.6) is 5.75 Å². The second kappa shape index (κ2) is 12.2. The average Bonchev–Trinajstić information content (AvgIpc) is 2.90. The van der Waals surface area contributed by atoms with E-state index in [2.05, 4.69) is 31.4 Å². The number of benzene rings is 2. The first-order valence-electron chi connectivity index (χ1n) is 11.8. The van der Waals surface area contributed by atoms with E-state index in [4.69, 9.17) is 16.3 Å². The van der Waals surface area contributed by atoms with E-state index in [1.807, 2.05) is 35.2 Å². The van der Waals surface area contributed by atoms with Crippen molar-refractivity contribution in [3.8, 4) is 5.75 Å². The molecule has 196 valence electrons. The van der Waals surface area contributed by atoms with Gasteiger partial charge in [0, 0.05) is 32.2 Å². The van der Waals surface area contributed by atoms with Crippen LogP contribution in [0, 0.1) is 0 Å². The van der Waals surface area contributed by atoms with Gasteiger partial charge in [0.1, 0.15) is 10.8 Å². The second-order valence-corrected chi connectivity index (χ2v) is 9.87. The van der Waals surface area contributed by atoms with Crippen molar-refractivity contribution < 1.29 is 17.9 Å². The first-order chi connectivity index (χ1) is 17.8. The van der Waals surface area contributed by atoms with E-state index in [9.17, 15) is 13.2 Å². The molecule has 2 aromatic carbocycles. The van der Waals surface area contributed by atoms with Gasteiger partial charge in [0.15, 0.2) is 5.82 Å². The molecule has 3 N–H and O–H groups in total. The quantitative estimate of drug-likeness (QED) is 0.298. The monoisotopic (exact) mass is 544 g/mol. The number of nitrogens with zero attached hydrogens (tertiary/aromatic N) is 3. The lowest BCUT2D eigenvalue weighted by molar-refractivity contribution is -0.129. The number of thiol groups is 1. The number of amides is 1. The van der Waals surface area contributed by atoms with Crippen LogP contribution in [0.4, 0.5) is 23.1 Å². The molecule has 0 atom stereocenters. The fourth-order valence-electron chi connectivity index (χ4n) is 4.30. The van der Waals surface area contributed by atoms with Crippen molar-refractivity contribution in [2.75, 3.05) is 30.8 Å². The van der Waals surface area contributed by atoms with Crippen LogP contribution in [0.2, 0.25) is 5.02 Å². The molecule has 2 heterocycles. The van der Waals surface area contributed by atoms with E-state index in [-0.39, 0.29) is 12.5 Å². The molecule has 37 heavy (non-hydrogen) atoms. The second-order valence-electron chi connectivity index (χ2n) is 8.63. The summed E-state index contributed by atoms with van der Waals surface area (Å²) in [7, 11) is -1.11. The van der Waals surface area contributed by atoms with E-state index >= 15 is 0 Å². The molecular weight excluding hydrogens is 516 g/mol. The number of nitrogens with one attached hydrogen (secondary N) is 3. The number of hydrogen-bond donors (Lipinski definition) is 4. The molecule has 1 saturated heterocycles. The van der Waals surface area contributed by atoms with Crippen LogP contribution in [0.15, 0.2) is 48.7 Å². The fraction of sp³-hybridized carbons (Fsp3) is 0.320. The summed E-state index contributed by atoms with van der Waals surface area (Å²) in [5.74, 6) is 1.81. The van der Waals surface area contributed by atoms with Crippen LogP contribution in [-0.2, 0) is 22.2 Å². The molecule has 0 unspecified atom stereocenters. The summed E-state index contributed by atoms with van der Waals surface area (Å²) in [5, 5.41) is 6.66. The molecule has 1 aliphatic rings. The lowest BCUT2D eigenvalue weighted by atomic mass is 9.89. The highest BCUT2D eigenvalue weighted by Crippen LogP contribution is 2.35. The van der Waals surface area contributed by atoms with E-state index in [0.29, 0.717) is 39.8 Å². The lowest BCUT2D eigenvalue weighted by Crippen LogP contribution is -2.36. The van der Waals surface area contributed by atoms with Crippen LogP contribution in [0.3, 0.4) is 0 Å². The summed E-state index contributed by atoms with van der Waals surface area (Å²) >= 11 is 6.35. The standard InChI is InChI=1S/C25H29ClN6O4S/c1-16(33)32-11-9-17(10-12-32)18-7-8-22(23(13-18)36-2)30-25-27-15-20(26)24(31-25)29-21-6-4-3-5-19(21)14-28-37(34)35/h3-8,13,15,17,37H,9-12,14H2,1-2H3,(H,28,34,35)(H2,27,29,30,31). The maximum atomic E-state index is 11.6. The van der Waals surface area contributed by atoms with Crippen molar-refractivity contribution in [3.05, 3.63) is 64.8 Å². The Morgan fingerprint density at radius 2 is 1.89 bits per heavy atom. The summed E-state index contributed by atoms with van der Waals surface area (Å²) in [6, 6.07) is 13.3. The molecule has 0 spiro atoms. The van der Waals surface area contributed by atoms with Crippen molar-refractivity contribution in [1.29, 1.82) is 0 Å². The summed E-state index contributed by atoms with van der Waals surface area (Å²) in [6.45, 7) is 3.25.